The molecule has 152 valence electrons. The van der Waals surface area contributed by atoms with E-state index in [1.807, 2.05) is 0 Å². The van der Waals surface area contributed by atoms with E-state index in [0.717, 1.165) is 6.92 Å². The summed E-state index contributed by atoms with van der Waals surface area (Å²) in [4.78, 5) is 23.2. The van der Waals surface area contributed by atoms with Crippen LogP contribution >= 0.6 is 0 Å². The highest BCUT2D eigenvalue weighted by molar-refractivity contribution is 7.86. The number of halogens is 5. The molecule has 0 saturated heterocycles. The minimum absolute atomic E-state index is 0.00921. The van der Waals surface area contributed by atoms with Gasteiger partial charge in [0.1, 0.15) is 6.61 Å². The average Bonchev–Trinajstić information content (AvgIpc) is 2.46. The number of carbonyl (C=O) groups excluding carboxylic acids is 2. The Labute approximate surface area is 144 Å². The Hall–Kier alpha value is -1.80. The van der Waals surface area contributed by atoms with Crippen molar-refractivity contribution in [3.8, 4) is 0 Å². The van der Waals surface area contributed by atoms with E-state index in [1.54, 1.807) is 0 Å². The highest BCUT2D eigenvalue weighted by atomic mass is 32.2. The number of alkyl halides is 5. The first-order valence-electron chi connectivity index (χ1n) is 6.63. The van der Waals surface area contributed by atoms with Crippen LogP contribution in [-0.4, -0.2) is 55.3 Å². The van der Waals surface area contributed by atoms with Crippen LogP contribution < -0.4 is 0 Å². The molecule has 14 heteroatoms. The van der Waals surface area contributed by atoms with Gasteiger partial charge < -0.3 is 14.2 Å². The molecule has 0 aromatic carbocycles. The normalized spacial score (nSPS) is 15.1. The highest BCUT2D eigenvalue weighted by Gasteiger charge is 2.69. The molecule has 0 spiro atoms. The molecule has 1 unspecified atom stereocenters. The summed E-state index contributed by atoms with van der Waals surface area (Å²) >= 11 is 0. The molecule has 0 aliphatic rings. The van der Waals surface area contributed by atoms with Crippen molar-refractivity contribution in [1.29, 1.82) is 0 Å². The van der Waals surface area contributed by atoms with E-state index in [9.17, 15) is 40.0 Å². The maximum absolute atomic E-state index is 13.4. The number of rotatable bonds is 9. The molecule has 0 aromatic rings. The molecule has 0 aliphatic carbocycles. The molecule has 1 atom stereocenters. The molecule has 26 heavy (non-hydrogen) atoms. The van der Waals surface area contributed by atoms with Crippen molar-refractivity contribution >= 4 is 22.1 Å². The van der Waals surface area contributed by atoms with E-state index in [0.29, 0.717) is 0 Å². The van der Waals surface area contributed by atoms with E-state index in [-0.39, 0.29) is 6.42 Å². The van der Waals surface area contributed by atoms with Crippen LogP contribution in [0.1, 0.15) is 20.3 Å². The van der Waals surface area contributed by atoms with Gasteiger partial charge in [0.2, 0.25) is 0 Å². The molecule has 1 N–H and O–H groups in total. The van der Waals surface area contributed by atoms with Crippen molar-refractivity contribution in [2.45, 2.75) is 37.5 Å². The summed E-state index contributed by atoms with van der Waals surface area (Å²) in [5.41, 5.74) is -0.660. The van der Waals surface area contributed by atoms with E-state index >= 15 is 0 Å². The Morgan fingerprint density at radius 3 is 2.00 bits per heavy atom. The predicted molar refractivity (Wildman–Crippen MR) is 73.4 cm³/mol. The number of ether oxygens (including phenoxy) is 3. The van der Waals surface area contributed by atoms with Crippen molar-refractivity contribution in [3.05, 3.63) is 12.2 Å². The Kier molecular flexibility index (Phi) is 7.69. The number of esters is 2. The monoisotopic (exact) mass is 414 g/mol. The smallest absolute Gasteiger partial charge is 0.461 e. The van der Waals surface area contributed by atoms with E-state index in [4.69, 9.17) is 4.55 Å². The molecule has 0 bridgehead atoms. The molecule has 0 fully saturated rings. The summed E-state index contributed by atoms with van der Waals surface area (Å²) < 4.78 is 108. The zero-order valence-electron chi connectivity index (χ0n) is 13.4. The highest BCUT2D eigenvalue weighted by Crippen LogP contribution is 2.38. The van der Waals surface area contributed by atoms with E-state index in [1.165, 1.54) is 6.92 Å². The first kappa shape index (κ1) is 24.2. The summed E-state index contributed by atoms with van der Waals surface area (Å²) in [5, 5.41) is -5.25. The van der Waals surface area contributed by atoms with Crippen LogP contribution in [0.15, 0.2) is 12.2 Å². The molecule has 0 radical (unpaired) electrons. The van der Waals surface area contributed by atoms with Crippen LogP contribution in [0.25, 0.3) is 0 Å². The molecule has 0 amide bonds. The Bertz CT molecular complexity index is 657. The summed E-state index contributed by atoms with van der Waals surface area (Å²) in [6.45, 7) is 1.93. The first-order valence-corrected chi connectivity index (χ1v) is 8.07. The van der Waals surface area contributed by atoms with Gasteiger partial charge in [-0.1, -0.05) is 13.5 Å². The van der Waals surface area contributed by atoms with Gasteiger partial charge in [-0.05, 0) is 13.3 Å². The van der Waals surface area contributed by atoms with Crippen molar-refractivity contribution in [3.63, 3.8) is 0 Å². The SMILES string of the molecule is C=C(C)C(=O)OC(OCC(F)(F)S(=O)(=O)O)(C(=O)OCCC)C(F)(F)F. The second kappa shape index (κ2) is 8.26. The van der Waals surface area contributed by atoms with Gasteiger partial charge in [0, 0.05) is 5.57 Å². The quantitative estimate of drug-likeness (QED) is 0.200. The Morgan fingerprint density at radius 1 is 1.15 bits per heavy atom. The minimum atomic E-state index is -6.19. The third-order valence-electron chi connectivity index (χ3n) is 2.48. The van der Waals surface area contributed by atoms with Crippen molar-refractivity contribution in [2.75, 3.05) is 13.2 Å². The number of carbonyl (C=O) groups is 2. The predicted octanol–water partition coefficient (Wildman–Crippen LogP) is 1.81. The molecule has 0 saturated carbocycles. The topological polar surface area (TPSA) is 116 Å². The Morgan fingerprint density at radius 2 is 1.65 bits per heavy atom. The van der Waals surface area contributed by atoms with Gasteiger partial charge in [0.25, 0.3) is 0 Å². The maximum Gasteiger partial charge on any atom is 0.468 e. The molecular weight excluding hydrogens is 399 g/mol. The van der Waals surface area contributed by atoms with Gasteiger partial charge in [-0.15, -0.1) is 0 Å². The number of hydrogen-bond donors (Lipinski definition) is 1. The van der Waals surface area contributed by atoms with E-state index < -0.39 is 58.1 Å². The lowest BCUT2D eigenvalue weighted by molar-refractivity contribution is -0.360. The lowest BCUT2D eigenvalue weighted by atomic mass is 10.2. The standard InChI is InChI=1S/C12H15F5O8S/c1-4-5-23-9(19)11(12(15,16)17,25-8(18)7(2)3)24-6-10(13,14)26(20,21)22/h2,4-6H2,1,3H3,(H,20,21,22). The summed E-state index contributed by atoms with van der Waals surface area (Å²) in [7, 11) is -6.19. The summed E-state index contributed by atoms with van der Waals surface area (Å²) in [6, 6.07) is 0. The fourth-order valence-corrected chi connectivity index (χ4v) is 1.36. The molecule has 0 rings (SSSR count). The largest absolute Gasteiger partial charge is 0.468 e. The molecule has 0 aliphatic heterocycles. The molecular formula is C12H15F5O8S. The minimum Gasteiger partial charge on any atom is -0.461 e. The second-order valence-corrected chi connectivity index (χ2v) is 6.37. The van der Waals surface area contributed by atoms with Gasteiger partial charge in [0.05, 0.1) is 6.61 Å². The summed E-state index contributed by atoms with van der Waals surface area (Å²) in [6.07, 6.45) is -5.94. The van der Waals surface area contributed by atoms with Gasteiger partial charge in [-0.2, -0.15) is 30.4 Å². The van der Waals surface area contributed by atoms with Gasteiger partial charge in [-0.3, -0.25) is 4.55 Å². The molecule has 0 heterocycles. The Balaban J connectivity index is 6.06. The number of hydrogen-bond acceptors (Lipinski definition) is 7. The van der Waals surface area contributed by atoms with Crippen LogP contribution in [-0.2, 0) is 33.9 Å². The second-order valence-electron chi connectivity index (χ2n) is 4.82. The lowest BCUT2D eigenvalue weighted by Crippen LogP contribution is -2.59. The van der Waals surface area contributed by atoms with Gasteiger partial charge >= 0.3 is 39.3 Å². The van der Waals surface area contributed by atoms with Crippen LogP contribution in [0.2, 0.25) is 0 Å². The van der Waals surface area contributed by atoms with Crippen LogP contribution in [0.3, 0.4) is 0 Å². The van der Waals surface area contributed by atoms with Crippen LogP contribution in [0.5, 0.6) is 0 Å². The third kappa shape index (κ3) is 5.60. The zero-order chi connectivity index (χ0) is 21.0. The first-order chi connectivity index (χ1) is 11.5. The fourth-order valence-electron chi connectivity index (χ4n) is 1.15. The van der Waals surface area contributed by atoms with Gasteiger partial charge in [0.15, 0.2) is 0 Å². The third-order valence-corrected chi connectivity index (χ3v) is 3.36. The van der Waals surface area contributed by atoms with E-state index in [2.05, 4.69) is 20.8 Å². The average molecular weight is 414 g/mol. The summed E-state index contributed by atoms with van der Waals surface area (Å²) in [5.74, 6) is -8.98. The molecule has 0 aromatic heterocycles. The van der Waals surface area contributed by atoms with Crippen molar-refractivity contribution in [1.82, 2.24) is 0 Å². The van der Waals surface area contributed by atoms with Crippen LogP contribution in [0.4, 0.5) is 22.0 Å². The van der Waals surface area contributed by atoms with Crippen LogP contribution in [0, 0.1) is 0 Å². The van der Waals surface area contributed by atoms with Crippen molar-refractivity contribution in [2.24, 2.45) is 0 Å². The maximum atomic E-state index is 13.4. The zero-order valence-corrected chi connectivity index (χ0v) is 14.2. The van der Waals surface area contributed by atoms with Crippen molar-refractivity contribution < 1.29 is 58.7 Å². The fraction of sp³-hybridized carbons (Fsp3) is 0.667. The molecule has 8 nitrogen and oxygen atoms in total. The van der Waals surface area contributed by atoms with Gasteiger partial charge in [-0.25, -0.2) is 9.59 Å². The lowest BCUT2D eigenvalue weighted by Gasteiger charge is -2.32.